The Morgan fingerprint density at radius 1 is 1.26 bits per heavy atom. The van der Waals surface area contributed by atoms with Gasteiger partial charge in [0.25, 0.3) is 0 Å². The van der Waals surface area contributed by atoms with Crippen molar-refractivity contribution in [3.63, 3.8) is 0 Å². The summed E-state index contributed by atoms with van der Waals surface area (Å²) in [7, 11) is 0. The lowest BCUT2D eigenvalue weighted by atomic mass is 10.1. The molecule has 0 spiro atoms. The molecule has 0 unspecified atom stereocenters. The van der Waals surface area contributed by atoms with Crippen molar-refractivity contribution in [1.29, 1.82) is 0 Å². The van der Waals surface area contributed by atoms with Crippen LogP contribution in [0.1, 0.15) is 25.0 Å². The van der Waals surface area contributed by atoms with Crippen molar-refractivity contribution in [2.24, 2.45) is 15.9 Å². The van der Waals surface area contributed by atoms with Gasteiger partial charge in [0.2, 0.25) is 0 Å². The van der Waals surface area contributed by atoms with Gasteiger partial charge in [-0.25, -0.2) is 4.79 Å². The van der Waals surface area contributed by atoms with Crippen LogP contribution in [0.25, 0.3) is 0 Å². The fourth-order valence-corrected chi connectivity index (χ4v) is 1.87. The molecule has 7 nitrogen and oxygen atoms in total. The van der Waals surface area contributed by atoms with E-state index in [9.17, 15) is 4.79 Å². The van der Waals surface area contributed by atoms with Crippen LogP contribution < -0.4 is 16.6 Å². The topological polar surface area (TPSA) is 101 Å². The minimum Gasteiger partial charge on any atom is -0.461 e. The average Bonchev–Trinajstić information content (AvgIpc) is 2.44. The third kappa shape index (κ3) is 6.43. The summed E-state index contributed by atoms with van der Waals surface area (Å²) in [4.78, 5) is 12.0. The zero-order chi connectivity index (χ0) is 17.4. The maximum atomic E-state index is 12.0. The van der Waals surface area contributed by atoms with Crippen LogP contribution in [-0.2, 0) is 9.53 Å². The van der Waals surface area contributed by atoms with Gasteiger partial charge < -0.3 is 10.5 Å². The molecule has 1 aromatic rings. The summed E-state index contributed by atoms with van der Waals surface area (Å²) in [5, 5.41) is 8.01. The molecule has 124 valence electrons. The number of ether oxygens (including phenoxy) is 1. The highest BCUT2D eigenvalue weighted by Gasteiger charge is 2.17. The fourth-order valence-electron chi connectivity index (χ4n) is 1.83. The molecule has 0 atom stereocenters. The minimum atomic E-state index is -0.588. The van der Waals surface area contributed by atoms with Crippen molar-refractivity contribution < 1.29 is 9.53 Å². The maximum absolute atomic E-state index is 12.0. The predicted molar refractivity (Wildman–Crippen MR) is 96.6 cm³/mol. The smallest absolute Gasteiger partial charge is 0.360 e. The van der Waals surface area contributed by atoms with Gasteiger partial charge >= 0.3 is 5.97 Å². The molecular formula is C15H21N5O2S. The Morgan fingerprint density at radius 2 is 1.87 bits per heavy atom. The van der Waals surface area contributed by atoms with E-state index >= 15 is 0 Å². The normalized spacial score (nSPS) is 11.8. The van der Waals surface area contributed by atoms with Crippen molar-refractivity contribution in [2.75, 3.05) is 12.0 Å². The molecule has 0 saturated heterocycles. The van der Waals surface area contributed by atoms with Crippen LogP contribution in [0.5, 0.6) is 0 Å². The molecule has 1 rings (SSSR count). The number of thiocarbonyl (C=S) groups is 1. The number of rotatable bonds is 6. The molecule has 0 saturated carbocycles. The molecule has 8 heteroatoms. The largest absolute Gasteiger partial charge is 0.461 e. The highest BCUT2D eigenvalue weighted by molar-refractivity contribution is 7.80. The number of hydrogen-bond acceptors (Lipinski definition) is 6. The van der Waals surface area contributed by atoms with E-state index in [1.165, 1.54) is 0 Å². The monoisotopic (exact) mass is 335 g/mol. The van der Waals surface area contributed by atoms with Crippen LogP contribution in [0.2, 0.25) is 0 Å². The molecule has 0 aliphatic rings. The maximum Gasteiger partial charge on any atom is 0.360 e. The molecule has 0 bridgehead atoms. The molecular weight excluding hydrogens is 314 g/mol. The number of benzene rings is 1. The summed E-state index contributed by atoms with van der Waals surface area (Å²) in [5.74, 6) is -0.588. The van der Waals surface area contributed by atoms with Gasteiger partial charge in [-0.1, -0.05) is 6.07 Å². The second-order valence-corrected chi connectivity index (χ2v) is 5.28. The Hall–Kier alpha value is -2.48. The second kappa shape index (κ2) is 8.84. The number of nitrogens with one attached hydrogen (secondary N) is 2. The summed E-state index contributed by atoms with van der Waals surface area (Å²) in [6, 6.07) is 5.87. The Morgan fingerprint density at radius 3 is 2.39 bits per heavy atom. The lowest BCUT2D eigenvalue weighted by Crippen LogP contribution is -2.30. The quantitative estimate of drug-likeness (QED) is 0.317. The van der Waals surface area contributed by atoms with E-state index in [1.54, 1.807) is 13.8 Å². The first-order valence-corrected chi connectivity index (χ1v) is 7.43. The highest BCUT2D eigenvalue weighted by atomic mass is 32.1. The zero-order valence-electron chi connectivity index (χ0n) is 13.6. The van der Waals surface area contributed by atoms with E-state index in [1.807, 2.05) is 32.0 Å². The zero-order valence-corrected chi connectivity index (χ0v) is 14.5. The number of esters is 1. The van der Waals surface area contributed by atoms with Gasteiger partial charge in [0.05, 0.1) is 18.0 Å². The van der Waals surface area contributed by atoms with Crippen LogP contribution >= 0.6 is 12.2 Å². The van der Waals surface area contributed by atoms with Gasteiger partial charge in [0.15, 0.2) is 10.8 Å². The Kier molecular flexibility index (Phi) is 7.14. The number of carbonyl (C=O) groups excluding carboxylic acids is 1. The van der Waals surface area contributed by atoms with Gasteiger partial charge in [0.1, 0.15) is 0 Å². The summed E-state index contributed by atoms with van der Waals surface area (Å²) in [5.41, 5.74) is 13.9. The summed E-state index contributed by atoms with van der Waals surface area (Å²) >= 11 is 4.68. The molecule has 0 aromatic heterocycles. The average molecular weight is 335 g/mol. The SMILES string of the molecule is CCOC(=O)/C(=N\Nc1cc(C)cc(C)c1)C(C)=NNC(N)=S. The number of aryl methyl sites for hydroxylation is 2. The van der Waals surface area contributed by atoms with Crippen molar-refractivity contribution >= 4 is 40.4 Å². The van der Waals surface area contributed by atoms with Gasteiger partial charge in [-0.15, -0.1) is 0 Å². The molecule has 0 amide bonds. The van der Waals surface area contributed by atoms with Crippen LogP contribution in [0.15, 0.2) is 28.4 Å². The first kappa shape index (κ1) is 18.6. The Balaban J connectivity index is 3.05. The molecule has 4 N–H and O–H groups in total. The van der Waals surface area contributed by atoms with Crippen LogP contribution in [-0.4, -0.2) is 29.1 Å². The summed E-state index contributed by atoms with van der Waals surface area (Å²) in [6.45, 7) is 7.51. The Labute approximate surface area is 141 Å². The van der Waals surface area contributed by atoms with Crippen molar-refractivity contribution in [1.82, 2.24) is 5.43 Å². The minimum absolute atomic E-state index is 0.00479. The number of hydrogen-bond donors (Lipinski definition) is 3. The first-order chi connectivity index (χ1) is 10.8. The third-order valence-electron chi connectivity index (χ3n) is 2.66. The van der Waals surface area contributed by atoms with Crippen molar-refractivity contribution in [3.05, 3.63) is 29.3 Å². The molecule has 23 heavy (non-hydrogen) atoms. The van der Waals surface area contributed by atoms with E-state index in [4.69, 9.17) is 10.5 Å². The van der Waals surface area contributed by atoms with Crippen LogP contribution in [0.4, 0.5) is 5.69 Å². The van der Waals surface area contributed by atoms with E-state index < -0.39 is 5.97 Å². The summed E-state index contributed by atoms with van der Waals surface area (Å²) < 4.78 is 4.99. The number of nitrogens with zero attached hydrogens (tertiary/aromatic N) is 2. The molecule has 0 aliphatic carbocycles. The van der Waals surface area contributed by atoms with Gasteiger partial charge in [-0.2, -0.15) is 10.2 Å². The molecule has 0 radical (unpaired) electrons. The first-order valence-electron chi connectivity index (χ1n) is 7.02. The molecule has 1 aromatic carbocycles. The van der Waals surface area contributed by atoms with Gasteiger partial charge in [-0.05, 0) is 63.2 Å². The lowest BCUT2D eigenvalue weighted by molar-refractivity contribution is -0.134. The summed E-state index contributed by atoms with van der Waals surface area (Å²) in [6.07, 6.45) is 0. The third-order valence-corrected chi connectivity index (χ3v) is 2.76. The lowest BCUT2D eigenvalue weighted by Gasteiger charge is -2.08. The van der Waals surface area contributed by atoms with Crippen molar-refractivity contribution in [3.8, 4) is 0 Å². The van der Waals surface area contributed by atoms with Gasteiger partial charge in [0, 0.05) is 0 Å². The van der Waals surface area contributed by atoms with E-state index in [-0.39, 0.29) is 17.4 Å². The number of anilines is 1. The molecule has 0 aliphatic heterocycles. The van der Waals surface area contributed by atoms with Gasteiger partial charge in [-0.3, -0.25) is 10.9 Å². The fraction of sp³-hybridized carbons (Fsp3) is 0.333. The van der Waals surface area contributed by atoms with Crippen LogP contribution in [0.3, 0.4) is 0 Å². The second-order valence-electron chi connectivity index (χ2n) is 4.84. The van der Waals surface area contributed by atoms with E-state index in [2.05, 4.69) is 33.3 Å². The number of nitrogens with two attached hydrogens (primary N) is 1. The number of hydrazone groups is 2. The standard InChI is InChI=1S/C15H21N5O2S/c1-5-22-14(21)13(11(4)17-20-15(16)23)19-18-12-7-9(2)6-10(3)8-12/h6-8,18H,5H2,1-4H3,(H3,16,20,23)/b17-11?,19-13-. The highest BCUT2D eigenvalue weighted by Crippen LogP contribution is 2.13. The Bertz CT molecular complexity index is 635. The number of carbonyl (C=O) groups is 1. The van der Waals surface area contributed by atoms with Crippen molar-refractivity contribution in [2.45, 2.75) is 27.7 Å². The predicted octanol–water partition coefficient (Wildman–Crippen LogP) is 1.84. The van der Waals surface area contributed by atoms with E-state index in [0.29, 0.717) is 5.71 Å². The molecule has 0 fully saturated rings. The molecule has 0 heterocycles. The van der Waals surface area contributed by atoms with E-state index in [0.717, 1.165) is 16.8 Å². The van der Waals surface area contributed by atoms with Crippen LogP contribution in [0, 0.1) is 13.8 Å².